The van der Waals surface area contributed by atoms with Crippen LogP contribution in [0.1, 0.15) is 19.5 Å². The molecule has 0 saturated heterocycles. The maximum Gasteiger partial charge on any atom is 0.182 e. The van der Waals surface area contributed by atoms with Gasteiger partial charge >= 0.3 is 0 Å². The van der Waals surface area contributed by atoms with Gasteiger partial charge in [-0.1, -0.05) is 6.92 Å². The van der Waals surface area contributed by atoms with Crippen LogP contribution in [0.15, 0.2) is 12.4 Å². The first kappa shape index (κ1) is 13.4. The highest BCUT2D eigenvalue weighted by atomic mass is 32.2. The van der Waals surface area contributed by atoms with Crippen LogP contribution in [0.25, 0.3) is 0 Å². The average molecular weight is 254 g/mol. The van der Waals surface area contributed by atoms with Gasteiger partial charge in [-0.15, -0.1) is 0 Å². The molecule has 17 heavy (non-hydrogen) atoms. The first-order valence-electron chi connectivity index (χ1n) is 5.16. The van der Waals surface area contributed by atoms with Crippen LogP contribution in [0.3, 0.4) is 0 Å². The van der Waals surface area contributed by atoms with Crippen molar-refractivity contribution in [2.24, 2.45) is 0 Å². The lowest BCUT2D eigenvalue weighted by molar-refractivity contribution is 0.593. The average Bonchev–Trinajstić information content (AvgIpc) is 2.29. The van der Waals surface area contributed by atoms with Crippen molar-refractivity contribution in [3.05, 3.63) is 18.1 Å². The fraction of sp³-hybridized carbons (Fsp3) is 0.500. The minimum Gasteiger partial charge on any atom is -0.364 e. The first-order valence-corrected chi connectivity index (χ1v) is 6.98. The first-order chi connectivity index (χ1) is 7.98. The Bertz CT molecular complexity index is 521. The molecule has 7 heteroatoms. The molecular formula is C10H14N4O2S. The summed E-state index contributed by atoms with van der Waals surface area (Å²) in [5.41, 5.74) is 0.160. The summed E-state index contributed by atoms with van der Waals surface area (Å²) in [6, 6.07) is 1.58. The van der Waals surface area contributed by atoms with E-state index < -0.39 is 9.84 Å². The second-order valence-electron chi connectivity index (χ2n) is 3.61. The van der Waals surface area contributed by atoms with Gasteiger partial charge in [0.15, 0.2) is 21.3 Å². The second kappa shape index (κ2) is 5.59. The Morgan fingerprint density at radius 3 is 2.71 bits per heavy atom. The van der Waals surface area contributed by atoms with Crippen molar-refractivity contribution in [2.45, 2.75) is 19.9 Å². The highest BCUT2D eigenvalue weighted by molar-refractivity contribution is 7.91. The predicted octanol–water partition coefficient (Wildman–Crippen LogP) is 0.583. The zero-order valence-corrected chi connectivity index (χ0v) is 10.5. The number of hydrogen-bond donors (Lipinski definition) is 1. The SMILES string of the molecule is CCS(=O)(=O)C[C@@H](C)Nc1nccnc1C#N. The van der Waals surface area contributed by atoms with Crippen LogP contribution in [-0.4, -0.2) is 35.9 Å². The van der Waals surface area contributed by atoms with Crippen LogP contribution >= 0.6 is 0 Å². The van der Waals surface area contributed by atoms with E-state index in [9.17, 15) is 8.42 Å². The van der Waals surface area contributed by atoms with Crippen LogP contribution in [0.4, 0.5) is 5.82 Å². The Labute approximate surface area is 101 Å². The van der Waals surface area contributed by atoms with E-state index in [0.29, 0.717) is 5.82 Å². The lowest BCUT2D eigenvalue weighted by Gasteiger charge is -2.14. The van der Waals surface area contributed by atoms with Gasteiger partial charge in [-0.2, -0.15) is 5.26 Å². The van der Waals surface area contributed by atoms with E-state index in [4.69, 9.17) is 5.26 Å². The highest BCUT2D eigenvalue weighted by Gasteiger charge is 2.15. The molecule has 0 amide bonds. The third kappa shape index (κ3) is 4.00. The molecule has 0 fully saturated rings. The summed E-state index contributed by atoms with van der Waals surface area (Å²) in [6.07, 6.45) is 2.86. The molecular weight excluding hydrogens is 240 g/mol. The van der Waals surface area contributed by atoms with E-state index in [1.807, 2.05) is 6.07 Å². The standard InChI is InChI=1S/C10H14N4O2S/c1-3-17(15,16)7-8(2)14-10-9(6-11)12-4-5-13-10/h4-5,8H,3,7H2,1-2H3,(H,13,14)/t8-/m1/s1. The number of rotatable bonds is 5. The molecule has 0 spiro atoms. The molecule has 0 aliphatic carbocycles. The van der Waals surface area contributed by atoms with E-state index in [1.165, 1.54) is 12.4 Å². The van der Waals surface area contributed by atoms with E-state index in [2.05, 4.69) is 15.3 Å². The third-order valence-corrected chi connectivity index (χ3v) is 4.02. The molecule has 1 N–H and O–H groups in total. The van der Waals surface area contributed by atoms with Crippen molar-refractivity contribution >= 4 is 15.7 Å². The lowest BCUT2D eigenvalue weighted by atomic mass is 10.3. The zero-order valence-electron chi connectivity index (χ0n) is 9.71. The molecule has 92 valence electrons. The maximum absolute atomic E-state index is 11.4. The van der Waals surface area contributed by atoms with E-state index >= 15 is 0 Å². The fourth-order valence-corrected chi connectivity index (χ4v) is 2.38. The Kier molecular flexibility index (Phi) is 4.40. The Hall–Kier alpha value is -1.68. The summed E-state index contributed by atoms with van der Waals surface area (Å²) in [5, 5.41) is 11.7. The molecule has 1 aromatic heterocycles. The van der Waals surface area contributed by atoms with Gasteiger partial charge in [-0.3, -0.25) is 0 Å². The molecule has 0 aromatic carbocycles. The minimum atomic E-state index is -3.05. The van der Waals surface area contributed by atoms with Gasteiger partial charge in [0, 0.05) is 24.2 Å². The van der Waals surface area contributed by atoms with Crippen LogP contribution in [0, 0.1) is 11.3 Å². The van der Waals surface area contributed by atoms with Crippen molar-refractivity contribution in [2.75, 3.05) is 16.8 Å². The summed E-state index contributed by atoms with van der Waals surface area (Å²) in [7, 11) is -3.05. The van der Waals surface area contributed by atoms with Crippen LogP contribution < -0.4 is 5.32 Å². The molecule has 6 nitrogen and oxygen atoms in total. The molecule has 0 aliphatic heterocycles. The molecule has 0 bridgehead atoms. The van der Waals surface area contributed by atoms with Crippen LogP contribution in [-0.2, 0) is 9.84 Å². The number of nitriles is 1. The van der Waals surface area contributed by atoms with Gasteiger partial charge in [0.25, 0.3) is 0 Å². The number of sulfone groups is 1. The van der Waals surface area contributed by atoms with Gasteiger partial charge in [-0.25, -0.2) is 18.4 Å². The summed E-state index contributed by atoms with van der Waals surface area (Å²) >= 11 is 0. The minimum absolute atomic E-state index is 0.00490. The number of hydrogen-bond acceptors (Lipinski definition) is 6. The van der Waals surface area contributed by atoms with Gasteiger partial charge in [0.2, 0.25) is 0 Å². The molecule has 1 heterocycles. The molecule has 1 aromatic rings. The van der Waals surface area contributed by atoms with Crippen LogP contribution in [0.2, 0.25) is 0 Å². The maximum atomic E-state index is 11.4. The van der Waals surface area contributed by atoms with E-state index in [0.717, 1.165) is 0 Å². The predicted molar refractivity (Wildman–Crippen MR) is 64.2 cm³/mol. The highest BCUT2D eigenvalue weighted by Crippen LogP contribution is 2.09. The van der Waals surface area contributed by atoms with Crippen molar-refractivity contribution in [3.63, 3.8) is 0 Å². The molecule has 0 unspecified atom stereocenters. The summed E-state index contributed by atoms with van der Waals surface area (Å²) < 4.78 is 22.8. The zero-order chi connectivity index (χ0) is 12.9. The summed E-state index contributed by atoms with van der Waals surface area (Å²) in [5.74, 6) is 0.420. The van der Waals surface area contributed by atoms with Crippen LogP contribution in [0.5, 0.6) is 0 Å². The lowest BCUT2D eigenvalue weighted by Crippen LogP contribution is -2.27. The number of aromatic nitrogens is 2. The second-order valence-corrected chi connectivity index (χ2v) is 6.01. The van der Waals surface area contributed by atoms with Crippen molar-refractivity contribution < 1.29 is 8.42 Å². The number of anilines is 1. The van der Waals surface area contributed by atoms with Gasteiger partial charge < -0.3 is 5.32 Å². The van der Waals surface area contributed by atoms with Gasteiger partial charge in [-0.05, 0) is 6.92 Å². The van der Waals surface area contributed by atoms with Gasteiger partial charge in [0.05, 0.1) is 5.75 Å². The van der Waals surface area contributed by atoms with E-state index in [1.54, 1.807) is 13.8 Å². The Morgan fingerprint density at radius 1 is 1.47 bits per heavy atom. The quantitative estimate of drug-likeness (QED) is 0.825. The largest absolute Gasteiger partial charge is 0.364 e. The van der Waals surface area contributed by atoms with E-state index in [-0.39, 0.29) is 23.2 Å². The molecule has 0 saturated carbocycles. The Morgan fingerprint density at radius 2 is 2.12 bits per heavy atom. The molecule has 1 rings (SSSR count). The molecule has 0 radical (unpaired) electrons. The molecule has 1 atom stereocenters. The van der Waals surface area contributed by atoms with Crippen molar-refractivity contribution in [1.29, 1.82) is 5.26 Å². The monoisotopic (exact) mass is 254 g/mol. The summed E-state index contributed by atoms with van der Waals surface area (Å²) in [6.45, 7) is 3.33. The molecule has 0 aliphatic rings. The topological polar surface area (TPSA) is 95.7 Å². The van der Waals surface area contributed by atoms with Crippen molar-refractivity contribution in [1.82, 2.24) is 9.97 Å². The third-order valence-electron chi connectivity index (χ3n) is 2.13. The fourth-order valence-electron chi connectivity index (χ4n) is 1.30. The van der Waals surface area contributed by atoms with Crippen molar-refractivity contribution in [3.8, 4) is 6.07 Å². The smallest absolute Gasteiger partial charge is 0.182 e. The Balaban J connectivity index is 2.76. The number of nitrogens with one attached hydrogen (secondary N) is 1. The normalized spacial score (nSPS) is 12.8. The van der Waals surface area contributed by atoms with Gasteiger partial charge in [0.1, 0.15) is 6.07 Å². The summed E-state index contributed by atoms with van der Waals surface area (Å²) in [4.78, 5) is 7.79. The number of nitrogens with zero attached hydrogens (tertiary/aromatic N) is 3.